The summed E-state index contributed by atoms with van der Waals surface area (Å²) in [5.74, 6) is 0. The molecule has 0 saturated heterocycles. The van der Waals surface area contributed by atoms with Crippen LogP contribution in [0.25, 0.3) is 0 Å². The first kappa shape index (κ1) is 9.40. The molecule has 0 saturated carbocycles. The quantitative estimate of drug-likeness (QED) is 0.606. The molecule has 1 aromatic heterocycles. The lowest BCUT2D eigenvalue weighted by molar-refractivity contribution is 1.28. The minimum atomic E-state index is 0.928. The monoisotopic (exact) mass is 197 g/mol. The van der Waals surface area contributed by atoms with E-state index in [4.69, 9.17) is 0 Å². The van der Waals surface area contributed by atoms with E-state index in [2.05, 4.69) is 15.5 Å². The van der Waals surface area contributed by atoms with Crippen LogP contribution in [0.5, 0.6) is 0 Å². The van der Waals surface area contributed by atoms with Gasteiger partial charge in [0.1, 0.15) is 0 Å². The van der Waals surface area contributed by atoms with Gasteiger partial charge >= 0.3 is 0 Å². The maximum absolute atomic E-state index is 4.11. The molecule has 0 spiro atoms. The molecule has 0 aliphatic carbocycles. The van der Waals surface area contributed by atoms with Crippen molar-refractivity contribution in [3.05, 3.63) is 60.4 Å². The highest BCUT2D eigenvalue weighted by molar-refractivity contribution is 5.79. The number of rotatable bonds is 3. The maximum atomic E-state index is 4.11. The molecule has 0 radical (unpaired) electrons. The Morgan fingerprint density at radius 3 is 2.47 bits per heavy atom. The summed E-state index contributed by atoms with van der Waals surface area (Å²) in [4.78, 5) is 3.92. The minimum absolute atomic E-state index is 0.928. The third-order valence-corrected chi connectivity index (χ3v) is 1.89. The molecule has 15 heavy (non-hydrogen) atoms. The van der Waals surface area contributed by atoms with E-state index < -0.39 is 0 Å². The maximum Gasteiger partial charge on any atom is 0.0592 e. The molecule has 3 nitrogen and oxygen atoms in total. The molecular weight excluding hydrogens is 186 g/mol. The van der Waals surface area contributed by atoms with E-state index in [9.17, 15) is 0 Å². The van der Waals surface area contributed by atoms with Crippen LogP contribution in [0.3, 0.4) is 0 Å². The molecule has 0 unspecified atom stereocenters. The second-order valence-corrected chi connectivity index (χ2v) is 3.02. The Morgan fingerprint density at radius 2 is 1.73 bits per heavy atom. The van der Waals surface area contributed by atoms with Gasteiger partial charge in [0.05, 0.1) is 11.9 Å². The third kappa shape index (κ3) is 2.91. The summed E-state index contributed by atoms with van der Waals surface area (Å²) in [6.45, 7) is 0. The second-order valence-electron chi connectivity index (χ2n) is 3.02. The van der Waals surface area contributed by atoms with Crippen molar-refractivity contribution < 1.29 is 0 Å². The number of aromatic nitrogens is 1. The summed E-state index contributed by atoms with van der Waals surface area (Å²) < 4.78 is 0. The number of nitrogens with one attached hydrogen (secondary N) is 1. The molecule has 0 amide bonds. The largest absolute Gasteiger partial charge is 0.278 e. The first-order chi connectivity index (χ1) is 7.45. The summed E-state index contributed by atoms with van der Waals surface area (Å²) >= 11 is 0. The Balaban J connectivity index is 1.97. The van der Waals surface area contributed by atoms with Crippen molar-refractivity contribution >= 4 is 11.9 Å². The standard InChI is InChI=1S/C12H11N3/c1-2-4-11(5-3-1)10-14-15-12-6-8-13-9-7-12/h1-10H,(H,13,15)/b14-10+. The van der Waals surface area contributed by atoms with Crippen molar-refractivity contribution in [3.8, 4) is 0 Å². The van der Waals surface area contributed by atoms with Gasteiger partial charge in [0.15, 0.2) is 0 Å². The average Bonchev–Trinajstić information content (AvgIpc) is 2.32. The number of pyridine rings is 1. The zero-order valence-corrected chi connectivity index (χ0v) is 8.17. The van der Waals surface area contributed by atoms with Crippen LogP contribution in [0.15, 0.2) is 60.0 Å². The highest BCUT2D eigenvalue weighted by Crippen LogP contribution is 2.02. The van der Waals surface area contributed by atoms with Gasteiger partial charge in [-0.15, -0.1) is 0 Å². The zero-order valence-electron chi connectivity index (χ0n) is 8.17. The third-order valence-electron chi connectivity index (χ3n) is 1.89. The van der Waals surface area contributed by atoms with E-state index in [-0.39, 0.29) is 0 Å². The van der Waals surface area contributed by atoms with Crippen molar-refractivity contribution in [2.45, 2.75) is 0 Å². The van der Waals surface area contributed by atoms with E-state index in [1.165, 1.54) is 0 Å². The molecule has 2 aromatic rings. The van der Waals surface area contributed by atoms with Crippen LogP contribution in [-0.2, 0) is 0 Å². The summed E-state index contributed by atoms with van der Waals surface area (Å²) in [5, 5.41) is 4.11. The van der Waals surface area contributed by atoms with E-state index in [0.717, 1.165) is 11.3 Å². The molecule has 1 aromatic carbocycles. The summed E-state index contributed by atoms with van der Waals surface area (Å²) in [5.41, 5.74) is 4.92. The summed E-state index contributed by atoms with van der Waals surface area (Å²) in [7, 11) is 0. The van der Waals surface area contributed by atoms with Gasteiger partial charge in [0.25, 0.3) is 0 Å². The molecule has 1 N–H and O–H groups in total. The van der Waals surface area contributed by atoms with Gasteiger partial charge in [0, 0.05) is 12.4 Å². The molecule has 2 rings (SSSR count). The fourth-order valence-corrected chi connectivity index (χ4v) is 1.15. The van der Waals surface area contributed by atoms with Crippen molar-refractivity contribution in [1.29, 1.82) is 0 Å². The normalized spacial score (nSPS) is 10.4. The van der Waals surface area contributed by atoms with Crippen molar-refractivity contribution in [1.82, 2.24) is 4.98 Å². The van der Waals surface area contributed by atoms with Crippen LogP contribution >= 0.6 is 0 Å². The second kappa shape index (κ2) is 4.91. The fraction of sp³-hybridized carbons (Fsp3) is 0. The lowest BCUT2D eigenvalue weighted by Crippen LogP contribution is -1.89. The van der Waals surface area contributed by atoms with Crippen LogP contribution in [0.4, 0.5) is 5.69 Å². The Bertz CT molecular complexity index is 423. The minimum Gasteiger partial charge on any atom is -0.278 e. The van der Waals surface area contributed by atoms with Gasteiger partial charge in [-0.2, -0.15) is 5.10 Å². The Morgan fingerprint density at radius 1 is 1.00 bits per heavy atom. The Hall–Kier alpha value is -2.16. The molecule has 0 atom stereocenters. The zero-order chi connectivity index (χ0) is 10.3. The Labute approximate surface area is 88.5 Å². The number of hydrogen-bond donors (Lipinski definition) is 1. The SMILES string of the molecule is C(=N\Nc1ccncc1)/c1ccccc1. The lowest BCUT2D eigenvalue weighted by atomic mass is 10.2. The van der Waals surface area contributed by atoms with E-state index in [1.54, 1.807) is 18.6 Å². The van der Waals surface area contributed by atoms with Crippen LogP contribution < -0.4 is 5.43 Å². The van der Waals surface area contributed by atoms with Crippen LogP contribution in [-0.4, -0.2) is 11.2 Å². The highest BCUT2D eigenvalue weighted by atomic mass is 15.3. The van der Waals surface area contributed by atoms with Gasteiger partial charge < -0.3 is 0 Å². The first-order valence-electron chi connectivity index (χ1n) is 4.69. The fourth-order valence-electron chi connectivity index (χ4n) is 1.15. The van der Waals surface area contributed by atoms with Crippen molar-refractivity contribution in [2.24, 2.45) is 5.10 Å². The lowest BCUT2D eigenvalue weighted by Gasteiger charge is -1.97. The average molecular weight is 197 g/mol. The van der Waals surface area contributed by atoms with Gasteiger partial charge in [0.2, 0.25) is 0 Å². The predicted octanol–water partition coefficient (Wildman–Crippen LogP) is 2.53. The smallest absolute Gasteiger partial charge is 0.0592 e. The van der Waals surface area contributed by atoms with Crippen LogP contribution in [0.1, 0.15) is 5.56 Å². The molecular formula is C12H11N3. The molecule has 3 heteroatoms. The molecule has 0 fully saturated rings. The molecule has 0 aliphatic rings. The summed E-state index contributed by atoms with van der Waals surface area (Å²) in [6.07, 6.45) is 5.22. The van der Waals surface area contributed by atoms with Gasteiger partial charge in [-0.3, -0.25) is 10.4 Å². The number of hydrogen-bond acceptors (Lipinski definition) is 3. The molecule has 74 valence electrons. The van der Waals surface area contributed by atoms with E-state index >= 15 is 0 Å². The number of anilines is 1. The van der Waals surface area contributed by atoms with Crippen molar-refractivity contribution in [3.63, 3.8) is 0 Å². The summed E-state index contributed by atoms with van der Waals surface area (Å²) in [6, 6.07) is 13.7. The van der Waals surface area contributed by atoms with Crippen molar-refractivity contribution in [2.75, 3.05) is 5.43 Å². The van der Waals surface area contributed by atoms with Crippen LogP contribution in [0, 0.1) is 0 Å². The number of benzene rings is 1. The molecule has 0 aliphatic heterocycles. The van der Waals surface area contributed by atoms with E-state index in [1.807, 2.05) is 42.5 Å². The number of nitrogens with zero attached hydrogens (tertiary/aromatic N) is 2. The highest BCUT2D eigenvalue weighted by Gasteiger charge is 1.86. The van der Waals surface area contributed by atoms with Gasteiger partial charge in [-0.25, -0.2) is 0 Å². The van der Waals surface area contributed by atoms with E-state index in [0.29, 0.717) is 0 Å². The molecule has 0 bridgehead atoms. The Kier molecular flexibility index (Phi) is 3.07. The van der Waals surface area contributed by atoms with Gasteiger partial charge in [-0.1, -0.05) is 30.3 Å². The predicted molar refractivity (Wildman–Crippen MR) is 61.9 cm³/mol. The number of hydrazone groups is 1. The molecule has 1 heterocycles. The van der Waals surface area contributed by atoms with Gasteiger partial charge in [-0.05, 0) is 17.7 Å². The first-order valence-corrected chi connectivity index (χ1v) is 4.69. The topological polar surface area (TPSA) is 37.3 Å². The van der Waals surface area contributed by atoms with Crippen LogP contribution in [0.2, 0.25) is 0 Å².